The number of anilines is 1. The summed E-state index contributed by atoms with van der Waals surface area (Å²) in [6.07, 6.45) is 1.10. The Hall–Kier alpha value is -4.09. The van der Waals surface area contributed by atoms with E-state index < -0.39 is 0 Å². The van der Waals surface area contributed by atoms with Crippen molar-refractivity contribution in [2.24, 2.45) is 0 Å². The Morgan fingerprint density at radius 3 is 2.19 bits per heavy atom. The summed E-state index contributed by atoms with van der Waals surface area (Å²) in [4.78, 5) is 12.7. The third kappa shape index (κ3) is 5.42. The quantitative estimate of drug-likeness (QED) is 0.298. The highest BCUT2D eigenvalue weighted by atomic mass is 16.5. The summed E-state index contributed by atoms with van der Waals surface area (Å²) >= 11 is 0. The molecule has 2 atom stereocenters. The summed E-state index contributed by atoms with van der Waals surface area (Å²) in [5.74, 6) is 1.86. The molecule has 1 aliphatic rings. The van der Waals surface area contributed by atoms with Crippen molar-refractivity contribution in [2.45, 2.75) is 24.9 Å². The van der Waals surface area contributed by atoms with Crippen LogP contribution in [-0.2, 0) is 6.54 Å². The Balaban J connectivity index is 1.13. The maximum Gasteiger partial charge on any atom is 0.255 e. The van der Waals surface area contributed by atoms with Gasteiger partial charge in [-0.1, -0.05) is 60.7 Å². The molecule has 0 bridgehead atoms. The maximum atomic E-state index is 12.7. The summed E-state index contributed by atoms with van der Waals surface area (Å²) in [6, 6.07) is 32.5. The lowest BCUT2D eigenvalue weighted by Gasteiger charge is -2.10. The van der Waals surface area contributed by atoms with Gasteiger partial charge in [0, 0.05) is 29.8 Å². The molecular formula is C31H30N2O3. The SMILES string of the molecule is COc1ccc(CN[C@@H]2C[C@H]2c2ccc(NC(=O)c3ccc(-c4ccccc4)cc3)cc2)cc1OC. The number of benzene rings is 4. The highest BCUT2D eigenvalue weighted by Gasteiger charge is 2.37. The first kappa shape index (κ1) is 23.6. The van der Waals surface area contributed by atoms with E-state index in [0.29, 0.717) is 17.5 Å². The third-order valence-electron chi connectivity index (χ3n) is 6.66. The van der Waals surface area contributed by atoms with Gasteiger partial charge in [-0.2, -0.15) is 0 Å². The third-order valence-corrected chi connectivity index (χ3v) is 6.66. The second-order valence-electron chi connectivity index (χ2n) is 9.04. The Kier molecular flexibility index (Phi) is 7.01. The molecule has 2 N–H and O–H groups in total. The monoisotopic (exact) mass is 478 g/mol. The molecule has 5 nitrogen and oxygen atoms in total. The van der Waals surface area contributed by atoms with Crippen molar-refractivity contribution >= 4 is 11.6 Å². The van der Waals surface area contributed by atoms with E-state index in [9.17, 15) is 4.79 Å². The highest BCUT2D eigenvalue weighted by molar-refractivity contribution is 6.04. The molecule has 1 aliphatic carbocycles. The number of amides is 1. The van der Waals surface area contributed by atoms with Gasteiger partial charge in [-0.3, -0.25) is 4.79 Å². The van der Waals surface area contributed by atoms with Crippen LogP contribution in [0.2, 0.25) is 0 Å². The molecule has 0 radical (unpaired) electrons. The van der Waals surface area contributed by atoms with Gasteiger partial charge < -0.3 is 20.1 Å². The van der Waals surface area contributed by atoms with E-state index in [2.05, 4.69) is 41.0 Å². The van der Waals surface area contributed by atoms with Gasteiger partial charge in [0.1, 0.15) is 0 Å². The van der Waals surface area contributed by atoms with E-state index in [-0.39, 0.29) is 5.91 Å². The van der Waals surface area contributed by atoms with Crippen LogP contribution in [0.15, 0.2) is 97.1 Å². The molecule has 0 unspecified atom stereocenters. The van der Waals surface area contributed by atoms with Gasteiger partial charge in [0.25, 0.3) is 5.91 Å². The second-order valence-corrected chi connectivity index (χ2v) is 9.04. The lowest BCUT2D eigenvalue weighted by atomic mass is 10.0. The Labute approximate surface area is 212 Å². The van der Waals surface area contributed by atoms with Gasteiger partial charge in [0.05, 0.1) is 14.2 Å². The van der Waals surface area contributed by atoms with Crippen LogP contribution in [0.4, 0.5) is 5.69 Å². The summed E-state index contributed by atoms with van der Waals surface area (Å²) < 4.78 is 10.7. The number of rotatable bonds is 9. The highest BCUT2D eigenvalue weighted by Crippen LogP contribution is 2.41. The number of hydrogen-bond acceptors (Lipinski definition) is 4. The molecule has 36 heavy (non-hydrogen) atoms. The smallest absolute Gasteiger partial charge is 0.255 e. The zero-order chi connectivity index (χ0) is 24.9. The predicted octanol–water partition coefficient (Wildman–Crippen LogP) is 6.27. The Morgan fingerprint density at radius 1 is 0.806 bits per heavy atom. The van der Waals surface area contributed by atoms with Crippen molar-refractivity contribution in [1.82, 2.24) is 5.32 Å². The van der Waals surface area contributed by atoms with Crippen LogP contribution in [0.3, 0.4) is 0 Å². The maximum absolute atomic E-state index is 12.7. The number of hydrogen-bond donors (Lipinski definition) is 2. The van der Waals surface area contributed by atoms with E-state index in [1.54, 1.807) is 14.2 Å². The minimum atomic E-state index is -0.108. The number of nitrogens with one attached hydrogen (secondary N) is 2. The van der Waals surface area contributed by atoms with Gasteiger partial charge in [-0.05, 0) is 65.1 Å². The summed E-state index contributed by atoms with van der Waals surface area (Å²) in [7, 11) is 3.30. The number of ether oxygens (including phenoxy) is 2. The van der Waals surface area contributed by atoms with E-state index in [0.717, 1.165) is 46.8 Å². The fraction of sp³-hybridized carbons (Fsp3) is 0.194. The second kappa shape index (κ2) is 10.7. The van der Waals surface area contributed by atoms with Gasteiger partial charge >= 0.3 is 0 Å². The Morgan fingerprint density at radius 2 is 1.50 bits per heavy atom. The largest absolute Gasteiger partial charge is 0.493 e. The van der Waals surface area contributed by atoms with Crippen LogP contribution in [0.5, 0.6) is 11.5 Å². The van der Waals surface area contributed by atoms with Crippen LogP contribution in [0, 0.1) is 0 Å². The molecule has 0 aliphatic heterocycles. The van der Waals surface area contributed by atoms with E-state index in [4.69, 9.17) is 9.47 Å². The average molecular weight is 479 g/mol. The zero-order valence-corrected chi connectivity index (χ0v) is 20.5. The summed E-state index contributed by atoms with van der Waals surface area (Å²) in [5.41, 5.74) is 6.11. The molecule has 0 aromatic heterocycles. The molecule has 0 saturated heterocycles. The van der Waals surface area contributed by atoms with E-state index in [1.807, 2.05) is 66.7 Å². The first-order valence-corrected chi connectivity index (χ1v) is 12.2. The first-order chi connectivity index (χ1) is 17.6. The molecule has 1 saturated carbocycles. The standard InChI is InChI=1S/C31H30N2O3/c1-35-29-17-8-21(18-30(29)36-2)20-32-28-19-27(28)24-13-15-26(16-14-24)33-31(34)25-11-9-23(10-12-25)22-6-4-3-5-7-22/h3-18,27-28,32H,19-20H2,1-2H3,(H,33,34)/t27-,28+/m0/s1. The van der Waals surface area contributed by atoms with Crippen molar-refractivity contribution in [1.29, 1.82) is 0 Å². The van der Waals surface area contributed by atoms with Crippen LogP contribution in [0.1, 0.15) is 33.8 Å². The average Bonchev–Trinajstić information content (AvgIpc) is 3.72. The molecule has 182 valence electrons. The van der Waals surface area contributed by atoms with Crippen molar-refractivity contribution < 1.29 is 14.3 Å². The fourth-order valence-electron chi connectivity index (χ4n) is 4.49. The number of carbonyl (C=O) groups is 1. The summed E-state index contributed by atoms with van der Waals surface area (Å²) in [6.45, 7) is 0.777. The predicted molar refractivity (Wildman–Crippen MR) is 144 cm³/mol. The molecule has 4 aromatic carbocycles. The molecule has 4 aromatic rings. The minimum Gasteiger partial charge on any atom is -0.493 e. The van der Waals surface area contributed by atoms with E-state index in [1.165, 1.54) is 5.56 Å². The number of methoxy groups -OCH3 is 2. The van der Waals surface area contributed by atoms with Gasteiger partial charge in [-0.15, -0.1) is 0 Å². The molecule has 0 spiro atoms. The van der Waals surface area contributed by atoms with Crippen LogP contribution >= 0.6 is 0 Å². The fourth-order valence-corrected chi connectivity index (χ4v) is 4.49. The van der Waals surface area contributed by atoms with Crippen molar-refractivity contribution in [3.8, 4) is 22.6 Å². The Bertz CT molecular complexity index is 1320. The lowest BCUT2D eigenvalue weighted by Crippen LogP contribution is -2.17. The number of carbonyl (C=O) groups excluding carboxylic acids is 1. The van der Waals surface area contributed by atoms with Gasteiger partial charge in [0.15, 0.2) is 11.5 Å². The molecular weight excluding hydrogens is 448 g/mol. The van der Waals surface area contributed by atoms with Gasteiger partial charge in [0.2, 0.25) is 0 Å². The molecule has 5 heteroatoms. The molecule has 1 amide bonds. The van der Waals surface area contributed by atoms with E-state index >= 15 is 0 Å². The lowest BCUT2D eigenvalue weighted by molar-refractivity contribution is 0.102. The van der Waals surface area contributed by atoms with Crippen molar-refractivity contribution in [2.75, 3.05) is 19.5 Å². The van der Waals surface area contributed by atoms with Crippen molar-refractivity contribution in [3.63, 3.8) is 0 Å². The van der Waals surface area contributed by atoms with Crippen LogP contribution in [0.25, 0.3) is 11.1 Å². The first-order valence-electron chi connectivity index (χ1n) is 12.2. The summed E-state index contributed by atoms with van der Waals surface area (Å²) in [5, 5.41) is 6.63. The molecule has 0 heterocycles. The van der Waals surface area contributed by atoms with Gasteiger partial charge in [-0.25, -0.2) is 0 Å². The van der Waals surface area contributed by atoms with Crippen LogP contribution in [-0.4, -0.2) is 26.2 Å². The normalized spacial score (nSPS) is 16.3. The van der Waals surface area contributed by atoms with Crippen LogP contribution < -0.4 is 20.1 Å². The topological polar surface area (TPSA) is 59.6 Å². The molecule has 1 fully saturated rings. The minimum absolute atomic E-state index is 0.108. The zero-order valence-electron chi connectivity index (χ0n) is 20.5. The molecule has 5 rings (SSSR count). The van der Waals surface area contributed by atoms with Crippen molar-refractivity contribution in [3.05, 3.63) is 114 Å².